The monoisotopic (exact) mass is 243 g/mol. The van der Waals surface area contributed by atoms with Gasteiger partial charge in [-0.2, -0.15) is 0 Å². The lowest BCUT2D eigenvalue weighted by atomic mass is 10.1. The van der Waals surface area contributed by atoms with E-state index in [4.69, 9.17) is 16.7 Å². The number of hydrogen-bond acceptors (Lipinski definition) is 3. The average Bonchev–Trinajstić information content (AvgIpc) is 2.16. The first-order chi connectivity index (χ1) is 7.50. The van der Waals surface area contributed by atoms with Gasteiger partial charge in [-0.1, -0.05) is 17.7 Å². The minimum Gasteiger partial charge on any atom is -0.481 e. The molecule has 0 unspecified atom stereocenters. The fraction of sp³-hybridized carbons (Fsp3) is 0.300. The van der Waals surface area contributed by atoms with Gasteiger partial charge in [-0.25, -0.2) is 0 Å². The van der Waals surface area contributed by atoms with Gasteiger partial charge in [0.2, 0.25) is 0 Å². The van der Waals surface area contributed by atoms with Crippen molar-refractivity contribution in [3.63, 3.8) is 0 Å². The summed E-state index contributed by atoms with van der Waals surface area (Å²) < 4.78 is 0. The fourth-order valence-electron chi connectivity index (χ4n) is 1.30. The topological polar surface area (TPSA) is 80.4 Å². The number of rotatable bonds is 5. The predicted octanol–water partition coefficient (Wildman–Crippen LogP) is 2.66. The Balaban J connectivity index is 2.66. The summed E-state index contributed by atoms with van der Waals surface area (Å²) >= 11 is 5.71. The highest BCUT2D eigenvalue weighted by molar-refractivity contribution is 6.32. The van der Waals surface area contributed by atoms with Crippen molar-refractivity contribution in [1.29, 1.82) is 0 Å². The number of nitrogens with zero attached hydrogens (tertiary/aromatic N) is 1. The van der Waals surface area contributed by atoms with Crippen molar-refractivity contribution < 1.29 is 14.8 Å². The quantitative estimate of drug-likeness (QED) is 0.637. The van der Waals surface area contributed by atoms with E-state index < -0.39 is 10.9 Å². The van der Waals surface area contributed by atoms with Crippen LogP contribution in [0.5, 0.6) is 0 Å². The van der Waals surface area contributed by atoms with Gasteiger partial charge < -0.3 is 5.11 Å². The van der Waals surface area contributed by atoms with Gasteiger partial charge in [0.1, 0.15) is 5.02 Å². The highest BCUT2D eigenvalue weighted by atomic mass is 35.5. The Morgan fingerprint density at radius 2 is 2.19 bits per heavy atom. The molecule has 1 aromatic rings. The van der Waals surface area contributed by atoms with Gasteiger partial charge in [-0.15, -0.1) is 0 Å². The molecule has 0 aliphatic heterocycles. The molecule has 0 radical (unpaired) electrons. The molecule has 0 saturated heterocycles. The number of carboxylic acid groups (broad SMARTS) is 1. The molecular weight excluding hydrogens is 234 g/mol. The Kier molecular flexibility index (Phi) is 4.25. The van der Waals surface area contributed by atoms with Crippen LogP contribution in [-0.4, -0.2) is 16.0 Å². The Bertz CT molecular complexity index is 419. The standard InChI is InChI=1S/C10H10ClNO4/c11-8-6-7(2-1-3-10(13)14)4-5-9(8)12(15)16/h4-6H,1-3H2,(H,13,14). The number of nitro groups is 1. The van der Waals surface area contributed by atoms with Gasteiger partial charge in [-0.3, -0.25) is 14.9 Å². The van der Waals surface area contributed by atoms with Crippen LogP contribution in [0, 0.1) is 10.1 Å². The highest BCUT2D eigenvalue weighted by Gasteiger charge is 2.11. The third-order valence-corrected chi connectivity index (χ3v) is 2.37. The molecular formula is C10H10ClNO4. The lowest BCUT2D eigenvalue weighted by Crippen LogP contribution is -1.96. The second-order valence-electron chi connectivity index (χ2n) is 3.29. The van der Waals surface area contributed by atoms with E-state index in [9.17, 15) is 14.9 Å². The van der Waals surface area contributed by atoms with Crippen LogP contribution in [0.3, 0.4) is 0 Å². The fourth-order valence-corrected chi connectivity index (χ4v) is 1.57. The molecule has 6 heteroatoms. The molecule has 5 nitrogen and oxygen atoms in total. The zero-order chi connectivity index (χ0) is 12.1. The smallest absolute Gasteiger partial charge is 0.303 e. The van der Waals surface area contributed by atoms with Gasteiger partial charge in [0.15, 0.2) is 0 Å². The molecule has 0 bridgehead atoms. The number of benzene rings is 1. The number of hydrogen-bond donors (Lipinski definition) is 1. The number of nitro benzene ring substituents is 1. The Morgan fingerprint density at radius 1 is 1.50 bits per heavy atom. The van der Waals surface area contributed by atoms with Crippen LogP contribution in [0.25, 0.3) is 0 Å². The zero-order valence-electron chi connectivity index (χ0n) is 8.35. The molecule has 0 heterocycles. The van der Waals surface area contributed by atoms with Crippen molar-refractivity contribution in [2.24, 2.45) is 0 Å². The molecule has 1 N–H and O–H groups in total. The summed E-state index contributed by atoms with van der Waals surface area (Å²) in [4.78, 5) is 20.2. The number of carboxylic acids is 1. The maximum absolute atomic E-state index is 10.5. The Hall–Kier alpha value is -1.62. The summed E-state index contributed by atoms with van der Waals surface area (Å²) in [7, 11) is 0. The van der Waals surface area contributed by atoms with Gasteiger partial charge >= 0.3 is 5.97 Å². The maximum Gasteiger partial charge on any atom is 0.303 e. The third-order valence-electron chi connectivity index (χ3n) is 2.06. The zero-order valence-corrected chi connectivity index (χ0v) is 9.11. The first-order valence-electron chi connectivity index (χ1n) is 4.65. The number of aryl methyl sites for hydroxylation is 1. The first-order valence-corrected chi connectivity index (χ1v) is 5.03. The molecule has 1 aromatic carbocycles. The average molecular weight is 244 g/mol. The van der Waals surface area contributed by atoms with Crippen LogP contribution in [-0.2, 0) is 11.2 Å². The normalized spacial score (nSPS) is 10.1. The third kappa shape index (κ3) is 3.51. The first kappa shape index (κ1) is 12.4. The van der Waals surface area contributed by atoms with Crippen LogP contribution in [0.2, 0.25) is 5.02 Å². The van der Waals surface area contributed by atoms with E-state index in [0.717, 1.165) is 5.56 Å². The summed E-state index contributed by atoms with van der Waals surface area (Å²) in [5.74, 6) is -0.854. The maximum atomic E-state index is 10.5. The summed E-state index contributed by atoms with van der Waals surface area (Å²) in [5.41, 5.74) is 0.667. The molecule has 1 rings (SSSR count). The second kappa shape index (κ2) is 5.46. The lowest BCUT2D eigenvalue weighted by molar-refractivity contribution is -0.384. The number of aliphatic carboxylic acids is 1. The van der Waals surface area contributed by atoms with E-state index in [1.54, 1.807) is 6.07 Å². The van der Waals surface area contributed by atoms with Crippen LogP contribution in [0.15, 0.2) is 18.2 Å². The molecule has 0 atom stereocenters. The SMILES string of the molecule is O=C(O)CCCc1ccc([N+](=O)[O-])c(Cl)c1. The molecule has 16 heavy (non-hydrogen) atoms. The molecule has 0 fully saturated rings. The highest BCUT2D eigenvalue weighted by Crippen LogP contribution is 2.25. The van der Waals surface area contributed by atoms with Crippen molar-refractivity contribution in [1.82, 2.24) is 0 Å². The van der Waals surface area contributed by atoms with Gasteiger partial charge in [0.05, 0.1) is 4.92 Å². The van der Waals surface area contributed by atoms with Crippen molar-refractivity contribution in [3.05, 3.63) is 38.9 Å². The Labute approximate surface area is 96.8 Å². The van der Waals surface area contributed by atoms with Crippen molar-refractivity contribution in [2.75, 3.05) is 0 Å². The largest absolute Gasteiger partial charge is 0.481 e. The predicted molar refractivity (Wildman–Crippen MR) is 58.7 cm³/mol. The van der Waals surface area contributed by atoms with Crippen LogP contribution >= 0.6 is 11.6 Å². The summed E-state index contributed by atoms with van der Waals surface area (Å²) in [6.45, 7) is 0. The van der Waals surface area contributed by atoms with E-state index in [2.05, 4.69) is 0 Å². The van der Waals surface area contributed by atoms with Crippen molar-refractivity contribution >= 4 is 23.3 Å². The van der Waals surface area contributed by atoms with E-state index in [0.29, 0.717) is 12.8 Å². The second-order valence-corrected chi connectivity index (χ2v) is 3.70. The molecule has 0 aliphatic carbocycles. The summed E-state index contributed by atoms with van der Waals surface area (Å²) in [6, 6.07) is 4.42. The van der Waals surface area contributed by atoms with Crippen molar-refractivity contribution in [3.8, 4) is 0 Å². The van der Waals surface area contributed by atoms with Gasteiger partial charge in [0.25, 0.3) is 5.69 Å². The van der Waals surface area contributed by atoms with Crippen LogP contribution < -0.4 is 0 Å². The minimum atomic E-state index is -0.854. The molecule has 0 aliphatic rings. The van der Waals surface area contributed by atoms with Crippen LogP contribution in [0.1, 0.15) is 18.4 Å². The van der Waals surface area contributed by atoms with E-state index >= 15 is 0 Å². The molecule has 86 valence electrons. The molecule has 0 saturated carbocycles. The number of carbonyl (C=O) groups is 1. The van der Waals surface area contributed by atoms with Gasteiger partial charge in [0, 0.05) is 12.5 Å². The minimum absolute atomic E-state index is 0.0780. The summed E-state index contributed by atoms with van der Waals surface area (Å²) in [6.07, 6.45) is 1.11. The van der Waals surface area contributed by atoms with E-state index in [1.807, 2.05) is 0 Å². The molecule has 0 amide bonds. The Morgan fingerprint density at radius 3 is 2.69 bits per heavy atom. The molecule has 0 spiro atoms. The van der Waals surface area contributed by atoms with Crippen LogP contribution in [0.4, 0.5) is 5.69 Å². The van der Waals surface area contributed by atoms with Gasteiger partial charge in [-0.05, 0) is 24.5 Å². The lowest BCUT2D eigenvalue weighted by Gasteiger charge is -2.01. The number of halogens is 1. The summed E-state index contributed by atoms with van der Waals surface area (Å²) in [5, 5.41) is 19.0. The van der Waals surface area contributed by atoms with E-state index in [-0.39, 0.29) is 17.1 Å². The van der Waals surface area contributed by atoms with Crippen molar-refractivity contribution in [2.45, 2.75) is 19.3 Å². The molecule has 0 aromatic heterocycles. The van der Waals surface area contributed by atoms with E-state index in [1.165, 1.54) is 12.1 Å².